The summed E-state index contributed by atoms with van der Waals surface area (Å²) < 4.78 is 6.58. The third kappa shape index (κ3) is 6.99. The standard InChI is InChI=1S/C26H28ClN5O4S/c1-5-14-32-23(22(16(2)3)29-24(34)17-10-6-8-12-19(17)27)30-31-26(32)37-15-21(33)28-20-13-9-7-11-18(20)25(35)36-4/h5-13,16,22H,1,14-15H2,2-4H3,(H,28,33)(H,29,34)/t22-/m0/s1. The Morgan fingerprint density at radius 3 is 2.43 bits per heavy atom. The maximum absolute atomic E-state index is 13.0. The van der Waals surface area contributed by atoms with Crippen LogP contribution in [0.25, 0.3) is 0 Å². The molecule has 2 amide bonds. The predicted molar refractivity (Wildman–Crippen MR) is 144 cm³/mol. The van der Waals surface area contributed by atoms with E-state index in [2.05, 4.69) is 27.4 Å². The fourth-order valence-corrected chi connectivity index (χ4v) is 4.50. The molecule has 37 heavy (non-hydrogen) atoms. The van der Waals surface area contributed by atoms with Gasteiger partial charge in [-0.05, 0) is 30.2 Å². The van der Waals surface area contributed by atoms with E-state index in [1.54, 1.807) is 54.6 Å². The van der Waals surface area contributed by atoms with Gasteiger partial charge in [0.05, 0.1) is 40.7 Å². The Morgan fingerprint density at radius 2 is 1.78 bits per heavy atom. The number of amides is 2. The lowest BCUT2D eigenvalue weighted by Crippen LogP contribution is -2.34. The molecular formula is C26H28ClN5O4S. The first kappa shape index (κ1) is 27.9. The molecule has 0 aliphatic rings. The van der Waals surface area contributed by atoms with E-state index in [9.17, 15) is 14.4 Å². The van der Waals surface area contributed by atoms with Crippen LogP contribution < -0.4 is 10.6 Å². The van der Waals surface area contributed by atoms with E-state index in [0.29, 0.717) is 33.8 Å². The van der Waals surface area contributed by atoms with Crippen LogP contribution in [-0.4, -0.2) is 45.4 Å². The van der Waals surface area contributed by atoms with Gasteiger partial charge in [-0.1, -0.05) is 67.6 Å². The average molecular weight is 542 g/mol. The number of benzene rings is 2. The monoisotopic (exact) mass is 541 g/mol. The quantitative estimate of drug-likeness (QED) is 0.204. The molecule has 0 unspecified atom stereocenters. The Bertz CT molecular complexity index is 1290. The first-order valence-corrected chi connectivity index (χ1v) is 12.8. The number of rotatable bonds is 11. The van der Waals surface area contributed by atoms with Crippen LogP contribution in [0.3, 0.4) is 0 Å². The Kier molecular flexibility index (Phi) is 9.87. The molecule has 1 aromatic heterocycles. The van der Waals surface area contributed by atoms with Crippen LogP contribution in [0.15, 0.2) is 66.3 Å². The van der Waals surface area contributed by atoms with Gasteiger partial charge in [0.25, 0.3) is 5.91 Å². The van der Waals surface area contributed by atoms with Gasteiger partial charge in [0, 0.05) is 6.54 Å². The Hall–Kier alpha value is -3.63. The van der Waals surface area contributed by atoms with Crippen molar-refractivity contribution >= 4 is 46.8 Å². The molecule has 3 rings (SSSR count). The zero-order valence-electron chi connectivity index (χ0n) is 20.7. The van der Waals surface area contributed by atoms with Crippen molar-refractivity contribution in [3.05, 3.63) is 83.2 Å². The summed E-state index contributed by atoms with van der Waals surface area (Å²) in [5, 5.41) is 15.2. The van der Waals surface area contributed by atoms with Gasteiger partial charge in [-0.25, -0.2) is 4.79 Å². The summed E-state index contributed by atoms with van der Waals surface area (Å²) in [6.45, 7) is 8.12. The van der Waals surface area contributed by atoms with Crippen LogP contribution in [0.5, 0.6) is 0 Å². The number of thioether (sulfide) groups is 1. The normalized spacial score (nSPS) is 11.6. The molecule has 2 aromatic carbocycles. The molecule has 1 heterocycles. The topological polar surface area (TPSA) is 115 Å². The minimum Gasteiger partial charge on any atom is -0.465 e. The minimum atomic E-state index is -0.544. The van der Waals surface area contributed by atoms with Gasteiger partial charge >= 0.3 is 5.97 Å². The Morgan fingerprint density at radius 1 is 1.11 bits per heavy atom. The number of nitrogens with one attached hydrogen (secondary N) is 2. The SMILES string of the molecule is C=CCn1c(SCC(=O)Nc2ccccc2C(=O)OC)nnc1[C@@H](NC(=O)c1ccccc1Cl)C(C)C. The number of hydrogen-bond donors (Lipinski definition) is 2. The van der Waals surface area contributed by atoms with Crippen molar-refractivity contribution < 1.29 is 19.1 Å². The van der Waals surface area contributed by atoms with Crippen molar-refractivity contribution in [2.24, 2.45) is 5.92 Å². The molecule has 9 nitrogen and oxygen atoms in total. The highest BCUT2D eigenvalue weighted by Gasteiger charge is 2.27. The minimum absolute atomic E-state index is 0.0170. The second kappa shape index (κ2) is 13.1. The summed E-state index contributed by atoms with van der Waals surface area (Å²) >= 11 is 7.38. The molecule has 0 fully saturated rings. The number of nitrogens with zero attached hydrogens (tertiary/aromatic N) is 3. The summed E-state index contributed by atoms with van der Waals surface area (Å²) in [6.07, 6.45) is 1.69. The molecule has 194 valence electrons. The van der Waals surface area contributed by atoms with E-state index in [1.165, 1.54) is 18.9 Å². The summed E-state index contributed by atoms with van der Waals surface area (Å²) in [5.41, 5.74) is 0.980. The smallest absolute Gasteiger partial charge is 0.339 e. The van der Waals surface area contributed by atoms with Gasteiger partial charge in [0.2, 0.25) is 5.91 Å². The first-order chi connectivity index (χ1) is 17.8. The number of carbonyl (C=O) groups excluding carboxylic acids is 3. The zero-order valence-corrected chi connectivity index (χ0v) is 22.3. The second-order valence-electron chi connectivity index (χ2n) is 8.29. The molecule has 0 aliphatic heterocycles. The van der Waals surface area contributed by atoms with E-state index in [1.807, 2.05) is 18.4 Å². The molecule has 0 spiro atoms. The number of ether oxygens (including phenoxy) is 1. The molecule has 0 radical (unpaired) electrons. The van der Waals surface area contributed by atoms with Crippen molar-refractivity contribution in [1.29, 1.82) is 0 Å². The van der Waals surface area contributed by atoms with Gasteiger partial charge in [0.1, 0.15) is 0 Å². The van der Waals surface area contributed by atoms with Gasteiger partial charge in [0.15, 0.2) is 11.0 Å². The fourth-order valence-electron chi connectivity index (χ4n) is 3.53. The third-order valence-corrected chi connectivity index (χ3v) is 6.64. The van der Waals surface area contributed by atoms with E-state index < -0.39 is 12.0 Å². The summed E-state index contributed by atoms with van der Waals surface area (Å²) in [6, 6.07) is 12.9. The van der Waals surface area contributed by atoms with E-state index in [-0.39, 0.29) is 29.0 Å². The molecule has 2 N–H and O–H groups in total. The fraction of sp³-hybridized carbons (Fsp3) is 0.269. The van der Waals surface area contributed by atoms with E-state index >= 15 is 0 Å². The Labute approximate surface area is 224 Å². The zero-order chi connectivity index (χ0) is 26.9. The number of aromatic nitrogens is 3. The second-order valence-corrected chi connectivity index (χ2v) is 9.64. The maximum Gasteiger partial charge on any atom is 0.339 e. The van der Waals surface area contributed by atoms with Crippen molar-refractivity contribution in [3.8, 4) is 0 Å². The number of anilines is 1. The largest absolute Gasteiger partial charge is 0.465 e. The molecule has 0 bridgehead atoms. The van der Waals surface area contributed by atoms with Crippen LogP contribution in [-0.2, 0) is 16.1 Å². The van der Waals surface area contributed by atoms with Crippen molar-refractivity contribution in [3.63, 3.8) is 0 Å². The van der Waals surface area contributed by atoms with Crippen LogP contribution >= 0.6 is 23.4 Å². The highest BCUT2D eigenvalue weighted by molar-refractivity contribution is 7.99. The molecule has 0 saturated carbocycles. The summed E-state index contributed by atoms with van der Waals surface area (Å²) in [4.78, 5) is 37.6. The number of hydrogen-bond acceptors (Lipinski definition) is 7. The number of carbonyl (C=O) groups is 3. The van der Waals surface area contributed by atoms with Crippen LogP contribution in [0.4, 0.5) is 5.69 Å². The predicted octanol–water partition coefficient (Wildman–Crippen LogP) is 4.76. The van der Waals surface area contributed by atoms with E-state index in [0.717, 1.165) is 0 Å². The first-order valence-electron chi connectivity index (χ1n) is 11.5. The number of methoxy groups -OCH3 is 1. The number of esters is 1. The number of halogens is 1. The Balaban J connectivity index is 1.77. The average Bonchev–Trinajstić information content (AvgIpc) is 3.28. The highest BCUT2D eigenvalue weighted by Crippen LogP contribution is 2.27. The van der Waals surface area contributed by atoms with Gasteiger partial charge < -0.3 is 19.9 Å². The summed E-state index contributed by atoms with van der Waals surface area (Å²) in [5.74, 6) is -0.663. The molecular weight excluding hydrogens is 514 g/mol. The molecule has 0 saturated heterocycles. The van der Waals surface area contributed by atoms with Crippen LogP contribution in [0.1, 0.15) is 46.4 Å². The molecule has 11 heteroatoms. The summed E-state index contributed by atoms with van der Waals surface area (Å²) in [7, 11) is 1.28. The lowest BCUT2D eigenvalue weighted by Gasteiger charge is -2.23. The van der Waals surface area contributed by atoms with Gasteiger partial charge in [-0.3, -0.25) is 9.59 Å². The molecule has 1 atom stereocenters. The maximum atomic E-state index is 13.0. The van der Waals surface area contributed by atoms with Crippen LogP contribution in [0.2, 0.25) is 5.02 Å². The number of allylic oxidation sites excluding steroid dienone is 1. The molecule has 3 aromatic rings. The lowest BCUT2D eigenvalue weighted by atomic mass is 10.0. The number of para-hydroxylation sites is 1. The van der Waals surface area contributed by atoms with Crippen molar-refractivity contribution in [1.82, 2.24) is 20.1 Å². The van der Waals surface area contributed by atoms with Gasteiger partial charge in [-0.15, -0.1) is 16.8 Å². The van der Waals surface area contributed by atoms with Crippen LogP contribution in [0, 0.1) is 5.92 Å². The van der Waals surface area contributed by atoms with Crippen molar-refractivity contribution in [2.75, 3.05) is 18.2 Å². The van der Waals surface area contributed by atoms with Crippen molar-refractivity contribution in [2.45, 2.75) is 31.6 Å². The van der Waals surface area contributed by atoms with Gasteiger partial charge in [-0.2, -0.15) is 0 Å². The lowest BCUT2D eigenvalue weighted by molar-refractivity contribution is -0.113. The molecule has 0 aliphatic carbocycles. The highest BCUT2D eigenvalue weighted by atomic mass is 35.5. The van der Waals surface area contributed by atoms with E-state index in [4.69, 9.17) is 16.3 Å². The third-order valence-electron chi connectivity index (χ3n) is 5.35.